The van der Waals surface area contributed by atoms with Crippen LogP contribution in [-0.2, 0) is 30.3 Å². The number of nitrogens with one attached hydrogen (secondary N) is 1. The van der Waals surface area contributed by atoms with Crippen LogP contribution in [0.15, 0.2) is 48.5 Å². The van der Waals surface area contributed by atoms with Crippen molar-refractivity contribution in [1.82, 2.24) is 5.32 Å². The zero-order valence-corrected chi connectivity index (χ0v) is 17.1. The molecule has 4 rings (SSSR count). The summed E-state index contributed by atoms with van der Waals surface area (Å²) in [6.07, 6.45) is 0.157. The molecule has 0 bridgehead atoms. The molecule has 2 saturated heterocycles. The number of ether oxygens (including phenoxy) is 3. The van der Waals surface area contributed by atoms with E-state index in [-0.39, 0.29) is 6.42 Å². The number of benzene rings is 2. The predicted molar refractivity (Wildman–Crippen MR) is 107 cm³/mol. The Kier molecular flexibility index (Phi) is 5.26. The van der Waals surface area contributed by atoms with Gasteiger partial charge in [0.15, 0.2) is 0 Å². The van der Waals surface area contributed by atoms with E-state index in [2.05, 4.69) is 5.32 Å². The van der Waals surface area contributed by atoms with Gasteiger partial charge in [-0.1, -0.05) is 48.0 Å². The van der Waals surface area contributed by atoms with Gasteiger partial charge in [-0.05, 0) is 23.3 Å². The maximum Gasteiger partial charge on any atom is 0.327 e. The van der Waals surface area contributed by atoms with Crippen molar-refractivity contribution in [3.8, 4) is 5.75 Å². The number of rotatable bonds is 5. The summed E-state index contributed by atoms with van der Waals surface area (Å²) in [5.41, 5.74) is -0.00263. The number of cyclic esters (lactones) is 2. The van der Waals surface area contributed by atoms with E-state index in [1.165, 1.54) is 14.2 Å². The summed E-state index contributed by atoms with van der Waals surface area (Å²) in [6, 6.07) is 13.6. The highest BCUT2D eigenvalue weighted by Gasteiger charge is 2.68. The number of hydrogen-bond donors (Lipinski definition) is 1. The smallest absolute Gasteiger partial charge is 0.327 e. The van der Waals surface area contributed by atoms with Crippen molar-refractivity contribution < 1.29 is 28.6 Å². The largest absolute Gasteiger partial charge is 0.495 e. The summed E-state index contributed by atoms with van der Waals surface area (Å²) < 4.78 is 15.2. The molecule has 4 atom stereocenters. The first kappa shape index (κ1) is 20.4. The first-order chi connectivity index (χ1) is 14.4. The van der Waals surface area contributed by atoms with Gasteiger partial charge in [-0.2, -0.15) is 0 Å². The molecule has 0 amide bonds. The number of carbonyl (C=O) groups is 3. The molecule has 2 aromatic rings. The lowest BCUT2D eigenvalue weighted by atomic mass is 9.76. The van der Waals surface area contributed by atoms with E-state index in [1.54, 1.807) is 18.2 Å². The highest BCUT2D eigenvalue weighted by molar-refractivity contribution is 6.32. The lowest BCUT2D eigenvalue weighted by Gasteiger charge is -2.31. The molecule has 0 spiro atoms. The standard InChI is InChI=1S/C22H20ClNO6/c1-28-15-9-8-13(10-14(15)23)18-16-17(20(26)30-19(16)25)22(24-18,21(27)29-2)11-12-6-4-3-5-7-12/h3-10,16-18,24H,11H2,1-2H3/t16-,17-,18+,22-/m1/s1. The van der Waals surface area contributed by atoms with Gasteiger partial charge < -0.3 is 14.2 Å². The zero-order chi connectivity index (χ0) is 21.5. The van der Waals surface area contributed by atoms with Gasteiger partial charge >= 0.3 is 17.9 Å². The molecule has 2 aliphatic rings. The van der Waals surface area contributed by atoms with E-state index >= 15 is 0 Å². The van der Waals surface area contributed by atoms with Crippen molar-refractivity contribution in [2.45, 2.75) is 18.0 Å². The topological polar surface area (TPSA) is 90.9 Å². The molecule has 2 fully saturated rings. The van der Waals surface area contributed by atoms with Crippen LogP contribution >= 0.6 is 11.6 Å². The lowest BCUT2D eigenvalue weighted by molar-refractivity contribution is -0.160. The van der Waals surface area contributed by atoms with E-state index in [4.69, 9.17) is 25.8 Å². The minimum absolute atomic E-state index is 0.157. The van der Waals surface area contributed by atoms with Crippen LogP contribution in [0.1, 0.15) is 17.2 Å². The van der Waals surface area contributed by atoms with Gasteiger partial charge in [0, 0.05) is 12.5 Å². The fourth-order valence-electron chi connectivity index (χ4n) is 4.49. The van der Waals surface area contributed by atoms with E-state index in [9.17, 15) is 14.4 Å². The molecular formula is C22H20ClNO6. The molecule has 0 radical (unpaired) electrons. The average Bonchev–Trinajstić information content (AvgIpc) is 3.25. The van der Waals surface area contributed by atoms with Crippen molar-refractivity contribution in [2.75, 3.05) is 14.2 Å². The van der Waals surface area contributed by atoms with Gasteiger partial charge in [0.2, 0.25) is 0 Å². The van der Waals surface area contributed by atoms with Crippen LogP contribution in [0.4, 0.5) is 0 Å². The Labute approximate surface area is 178 Å². The maximum absolute atomic E-state index is 13.0. The number of esters is 3. The lowest BCUT2D eigenvalue weighted by Crippen LogP contribution is -2.56. The van der Waals surface area contributed by atoms with Crippen molar-refractivity contribution in [3.05, 3.63) is 64.7 Å². The molecular weight excluding hydrogens is 410 g/mol. The van der Waals surface area contributed by atoms with Crippen LogP contribution in [0.5, 0.6) is 5.75 Å². The molecule has 8 heteroatoms. The predicted octanol–water partition coefficient (Wildman–Crippen LogP) is 2.46. The number of carbonyl (C=O) groups excluding carboxylic acids is 3. The van der Waals surface area contributed by atoms with Crippen LogP contribution in [0.2, 0.25) is 5.02 Å². The summed E-state index contributed by atoms with van der Waals surface area (Å²) in [5, 5.41) is 3.60. The molecule has 0 saturated carbocycles. The number of halogens is 1. The highest BCUT2D eigenvalue weighted by atomic mass is 35.5. The van der Waals surface area contributed by atoms with E-state index < -0.39 is 41.3 Å². The molecule has 2 heterocycles. The zero-order valence-electron chi connectivity index (χ0n) is 16.4. The van der Waals surface area contributed by atoms with E-state index in [0.29, 0.717) is 16.3 Å². The molecule has 0 aromatic heterocycles. The van der Waals surface area contributed by atoms with Crippen molar-refractivity contribution in [1.29, 1.82) is 0 Å². The Balaban J connectivity index is 1.82. The summed E-state index contributed by atoms with van der Waals surface area (Å²) in [6.45, 7) is 0. The highest BCUT2D eigenvalue weighted by Crippen LogP contribution is 2.50. The monoisotopic (exact) mass is 429 g/mol. The van der Waals surface area contributed by atoms with E-state index in [0.717, 1.165) is 5.56 Å². The van der Waals surface area contributed by atoms with Gasteiger partial charge in [0.1, 0.15) is 17.2 Å². The quantitative estimate of drug-likeness (QED) is 0.576. The molecule has 0 unspecified atom stereocenters. The molecule has 7 nitrogen and oxygen atoms in total. The van der Waals surface area contributed by atoms with Crippen LogP contribution in [0.3, 0.4) is 0 Å². The minimum atomic E-state index is -1.46. The fourth-order valence-corrected chi connectivity index (χ4v) is 4.76. The van der Waals surface area contributed by atoms with Crippen LogP contribution < -0.4 is 10.1 Å². The van der Waals surface area contributed by atoms with Gasteiger partial charge in [0.05, 0.1) is 25.2 Å². The first-order valence-corrected chi connectivity index (χ1v) is 9.78. The normalized spacial score (nSPS) is 27.5. The van der Waals surface area contributed by atoms with Crippen molar-refractivity contribution >= 4 is 29.5 Å². The first-order valence-electron chi connectivity index (χ1n) is 9.40. The third-order valence-electron chi connectivity index (χ3n) is 5.80. The van der Waals surface area contributed by atoms with Crippen LogP contribution in [0, 0.1) is 11.8 Å². The Morgan fingerprint density at radius 3 is 2.50 bits per heavy atom. The number of fused-ring (bicyclic) bond motifs is 1. The van der Waals surface area contributed by atoms with Crippen molar-refractivity contribution in [2.24, 2.45) is 11.8 Å². The Morgan fingerprint density at radius 2 is 1.87 bits per heavy atom. The molecule has 2 aromatic carbocycles. The van der Waals surface area contributed by atoms with Crippen LogP contribution in [-0.4, -0.2) is 37.7 Å². The Morgan fingerprint density at radius 1 is 1.13 bits per heavy atom. The minimum Gasteiger partial charge on any atom is -0.495 e. The SMILES string of the molecule is COC(=O)[C@]1(Cc2ccccc2)N[C@@H](c2ccc(OC)c(Cl)c2)[C@@H]2C(=O)OC(=O)[C@@H]21. The van der Waals surface area contributed by atoms with Crippen molar-refractivity contribution in [3.63, 3.8) is 0 Å². The second kappa shape index (κ2) is 7.74. The van der Waals surface area contributed by atoms with Crippen LogP contribution in [0.25, 0.3) is 0 Å². The number of hydrogen-bond acceptors (Lipinski definition) is 7. The fraction of sp³-hybridized carbons (Fsp3) is 0.318. The molecule has 156 valence electrons. The third kappa shape index (κ3) is 3.14. The van der Waals surface area contributed by atoms with Gasteiger partial charge in [0.25, 0.3) is 0 Å². The second-order valence-electron chi connectivity index (χ2n) is 7.38. The van der Waals surface area contributed by atoms with E-state index in [1.807, 2.05) is 30.3 Å². The summed E-state index contributed by atoms with van der Waals surface area (Å²) in [4.78, 5) is 38.3. The average molecular weight is 430 g/mol. The Bertz CT molecular complexity index is 1010. The molecule has 2 aliphatic heterocycles. The molecule has 1 N–H and O–H groups in total. The van der Waals surface area contributed by atoms with Gasteiger partial charge in [-0.3, -0.25) is 19.7 Å². The summed E-state index contributed by atoms with van der Waals surface area (Å²) in [7, 11) is 2.76. The van der Waals surface area contributed by atoms with Gasteiger partial charge in [-0.15, -0.1) is 0 Å². The van der Waals surface area contributed by atoms with Gasteiger partial charge in [-0.25, -0.2) is 0 Å². The summed E-state index contributed by atoms with van der Waals surface area (Å²) in [5.74, 6) is -3.47. The molecule has 30 heavy (non-hydrogen) atoms. The Hall–Kier alpha value is -2.90. The third-order valence-corrected chi connectivity index (χ3v) is 6.10. The summed E-state index contributed by atoms with van der Waals surface area (Å²) >= 11 is 6.28. The second-order valence-corrected chi connectivity index (χ2v) is 7.79. The molecule has 0 aliphatic carbocycles. The maximum atomic E-state index is 13.0. The number of methoxy groups -OCH3 is 2.